The average Bonchev–Trinajstić information content (AvgIpc) is 1.30. The van der Waals surface area contributed by atoms with E-state index in [0.717, 1.165) is 0 Å². The van der Waals surface area contributed by atoms with Crippen LogP contribution in [0, 0.1) is 0 Å². The fourth-order valence-corrected chi connectivity index (χ4v) is 0. The quantitative estimate of drug-likeness (QED) is 0.359. The molecule has 0 spiro atoms. The van der Waals surface area contributed by atoms with E-state index in [1.165, 1.54) is 0 Å². The molecule has 2 nitrogen and oxygen atoms in total. The highest BCUT2D eigenvalue weighted by Crippen LogP contribution is 2.01. The molecule has 0 atom stereocenters. The highest BCUT2D eigenvalue weighted by atomic mass is 16.7. The fourth-order valence-electron chi connectivity index (χ4n) is 0. The maximum Gasteiger partial charge on any atom is 0.0766 e. The van der Waals surface area contributed by atoms with Gasteiger partial charge < -0.3 is 10.2 Å². The predicted molar refractivity (Wildman–Crippen MR) is 33.9 cm³/mol. The topological polar surface area (TPSA) is 21.3 Å². The Bertz CT molecular complexity index is 50.1. The Balaban J connectivity index is 3.15. The largest absolute Gasteiger partial charge is 0.381 e. The van der Waals surface area contributed by atoms with Gasteiger partial charge in [-0.3, -0.25) is 0 Å². The van der Waals surface area contributed by atoms with Gasteiger partial charge in [-0.15, -0.1) is 0 Å². The zero-order valence-electron chi connectivity index (χ0n) is 4.41. The van der Waals surface area contributed by atoms with Crippen LogP contribution in [-0.2, 0) is 4.84 Å². The van der Waals surface area contributed by atoms with Crippen LogP contribution in [0.1, 0.15) is 20.8 Å². The first-order chi connectivity index (χ1) is 3.06. The molecule has 0 aliphatic heterocycles. The summed E-state index contributed by atoms with van der Waals surface area (Å²) in [5.41, 5.74) is 0.00174. The van der Waals surface area contributed by atoms with E-state index in [9.17, 15) is 0 Å². The Morgan fingerprint density at radius 2 is 1.86 bits per heavy atom. The molecule has 0 aromatic rings. The summed E-state index contributed by atoms with van der Waals surface area (Å²) in [6.07, 6.45) is 0. The number of hydrogen-bond donors (Lipinski definition) is 1. The van der Waals surface area contributed by atoms with Crippen molar-refractivity contribution < 1.29 is 4.84 Å². The second-order valence-electron chi connectivity index (χ2n) is 2.21. The van der Waals surface area contributed by atoms with Crippen molar-refractivity contribution in [2.24, 2.45) is 0 Å². The van der Waals surface area contributed by atoms with Gasteiger partial charge >= 0.3 is 0 Å². The molecule has 0 radical (unpaired) electrons. The molecular formula is C4H13BNO-. The molecule has 0 aromatic carbocycles. The molecule has 0 aromatic heterocycles. The van der Waals surface area contributed by atoms with Gasteiger partial charge in [-0.1, -0.05) is 0 Å². The van der Waals surface area contributed by atoms with Crippen molar-refractivity contribution in [3.05, 3.63) is 0 Å². The lowest BCUT2D eigenvalue weighted by molar-refractivity contribution is -0.0354. The normalized spacial score (nSPS) is 12.0. The summed E-state index contributed by atoms with van der Waals surface area (Å²) in [6, 6.07) is 0. The van der Waals surface area contributed by atoms with E-state index in [1.54, 1.807) is 0 Å². The highest BCUT2D eigenvalue weighted by Gasteiger charge is 2.05. The summed E-state index contributed by atoms with van der Waals surface area (Å²) in [5.74, 6) is 0. The van der Waals surface area contributed by atoms with E-state index in [1.807, 2.05) is 20.8 Å². The Kier molecular flexibility index (Phi) is 2.33. The molecule has 0 amide bonds. The molecule has 44 valence electrons. The molecule has 0 heterocycles. The molecule has 1 N–H and O–H groups in total. The van der Waals surface area contributed by atoms with Crippen molar-refractivity contribution in [1.82, 2.24) is 5.39 Å². The standard InChI is InChI=1S/C4H13BNO/c1-4(2,3)7-6-5/h6H,1-3,5H3/q-1. The van der Waals surface area contributed by atoms with Gasteiger partial charge in [0.1, 0.15) is 0 Å². The van der Waals surface area contributed by atoms with E-state index in [-0.39, 0.29) is 13.6 Å². The van der Waals surface area contributed by atoms with E-state index in [4.69, 9.17) is 4.84 Å². The van der Waals surface area contributed by atoms with Crippen LogP contribution in [0.4, 0.5) is 0 Å². The van der Waals surface area contributed by atoms with Gasteiger partial charge in [0.25, 0.3) is 0 Å². The van der Waals surface area contributed by atoms with Crippen molar-refractivity contribution in [1.29, 1.82) is 0 Å². The van der Waals surface area contributed by atoms with Gasteiger partial charge in [0.2, 0.25) is 0 Å². The first-order valence-corrected chi connectivity index (χ1v) is 1.91. The molecule has 0 saturated carbocycles. The molecular weight excluding hydrogens is 88.9 g/mol. The van der Waals surface area contributed by atoms with E-state index in [2.05, 4.69) is 5.39 Å². The Labute approximate surface area is 45.6 Å². The molecule has 0 fully saturated rings. The number of hydrogen-bond acceptors (Lipinski definition) is 2. The van der Waals surface area contributed by atoms with Crippen LogP contribution in [0.25, 0.3) is 0 Å². The zero-order chi connectivity index (χ0) is 5.91. The average molecular weight is 102 g/mol. The van der Waals surface area contributed by atoms with Gasteiger partial charge in [-0.05, 0) is 20.8 Å². The van der Waals surface area contributed by atoms with Crippen LogP contribution in [0.2, 0.25) is 0 Å². The maximum absolute atomic E-state index is 5.09. The van der Waals surface area contributed by atoms with Crippen LogP contribution in [0.5, 0.6) is 0 Å². The Hall–Kier alpha value is -0.0151. The summed E-state index contributed by atoms with van der Waals surface area (Å²) >= 11 is 0. The summed E-state index contributed by atoms with van der Waals surface area (Å²) in [7, 11) is 0.212. The Morgan fingerprint density at radius 1 is 1.43 bits per heavy atom. The summed E-state index contributed by atoms with van der Waals surface area (Å²) in [5, 5.41) is 2.86. The smallest absolute Gasteiger partial charge is 0.0766 e. The lowest BCUT2D eigenvalue weighted by Crippen LogP contribution is -2.27. The van der Waals surface area contributed by atoms with Crippen LogP contribution >= 0.6 is 0 Å². The lowest BCUT2D eigenvalue weighted by Gasteiger charge is -2.20. The zero-order valence-corrected chi connectivity index (χ0v) is 4.41. The van der Waals surface area contributed by atoms with Gasteiger partial charge in [0, 0.05) is 7.98 Å². The fraction of sp³-hybridized carbons (Fsp3) is 1.00. The summed E-state index contributed by atoms with van der Waals surface area (Å²) in [4.78, 5) is 5.09. The number of nitrogens with one attached hydrogen (secondary N) is 1. The second-order valence-corrected chi connectivity index (χ2v) is 2.21. The van der Waals surface area contributed by atoms with Crippen molar-refractivity contribution in [2.75, 3.05) is 0 Å². The van der Waals surface area contributed by atoms with Crippen molar-refractivity contribution in [3.8, 4) is 0 Å². The molecule has 0 rings (SSSR count). The van der Waals surface area contributed by atoms with Crippen molar-refractivity contribution in [3.63, 3.8) is 0 Å². The maximum atomic E-state index is 5.09. The minimum absolute atomic E-state index is 0.00174. The first-order valence-electron chi connectivity index (χ1n) is 1.91. The van der Waals surface area contributed by atoms with Crippen LogP contribution in [0.3, 0.4) is 0 Å². The molecule has 0 aliphatic carbocycles. The summed E-state index contributed by atoms with van der Waals surface area (Å²) < 4.78 is 0. The monoisotopic (exact) mass is 102 g/mol. The van der Waals surface area contributed by atoms with E-state index >= 15 is 0 Å². The van der Waals surface area contributed by atoms with Crippen molar-refractivity contribution >= 4 is 7.98 Å². The summed E-state index contributed by atoms with van der Waals surface area (Å²) in [6.45, 7) is 6.09. The van der Waals surface area contributed by atoms with E-state index < -0.39 is 0 Å². The van der Waals surface area contributed by atoms with Crippen molar-refractivity contribution in [2.45, 2.75) is 26.4 Å². The van der Waals surface area contributed by atoms with Gasteiger partial charge in [-0.25, -0.2) is 0 Å². The SMILES string of the molecule is [BH3-]NOC(C)(C)C. The molecule has 0 saturated heterocycles. The predicted octanol–water partition coefficient (Wildman–Crippen LogP) is -0.414. The minimum Gasteiger partial charge on any atom is -0.381 e. The van der Waals surface area contributed by atoms with E-state index in [0.29, 0.717) is 0 Å². The molecule has 0 aliphatic rings. The lowest BCUT2D eigenvalue weighted by atomic mass is 10.2. The third kappa shape index (κ3) is 5.98. The molecule has 7 heavy (non-hydrogen) atoms. The minimum atomic E-state index is 0.00174. The molecule has 3 heteroatoms. The van der Waals surface area contributed by atoms with Crippen LogP contribution < -0.4 is 5.39 Å². The number of rotatable bonds is 1. The molecule has 0 bridgehead atoms. The van der Waals surface area contributed by atoms with Gasteiger partial charge in [0.15, 0.2) is 0 Å². The highest BCUT2D eigenvalue weighted by molar-refractivity contribution is 6.03. The first kappa shape index (κ1) is 6.98. The molecule has 0 unspecified atom stereocenters. The second kappa shape index (κ2) is 2.33. The Morgan fingerprint density at radius 3 is 1.86 bits per heavy atom. The third-order valence-corrected chi connectivity index (χ3v) is 0.306. The van der Waals surface area contributed by atoms with Crippen LogP contribution in [-0.4, -0.2) is 13.6 Å². The van der Waals surface area contributed by atoms with Gasteiger partial charge in [-0.2, -0.15) is 0 Å². The van der Waals surface area contributed by atoms with Crippen LogP contribution in [0.15, 0.2) is 0 Å². The third-order valence-electron chi connectivity index (χ3n) is 0.306. The van der Waals surface area contributed by atoms with Gasteiger partial charge in [0.05, 0.1) is 5.60 Å².